The van der Waals surface area contributed by atoms with Crippen molar-refractivity contribution in [1.29, 1.82) is 0 Å². The van der Waals surface area contributed by atoms with Crippen molar-refractivity contribution in [1.82, 2.24) is 4.98 Å². The molecule has 0 radical (unpaired) electrons. The summed E-state index contributed by atoms with van der Waals surface area (Å²) in [5.41, 5.74) is 5.71. The monoisotopic (exact) mass is 288 g/mol. The molecular formula is C15H16N2O2S. The summed E-state index contributed by atoms with van der Waals surface area (Å²) >= 11 is 1.71. The zero-order valence-corrected chi connectivity index (χ0v) is 12.1. The van der Waals surface area contributed by atoms with Crippen molar-refractivity contribution >= 4 is 23.0 Å². The van der Waals surface area contributed by atoms with Gasteiger partial charge in [-0.15, -0.1) is 11.3 Å². The Labute approximate surface area is 121 Å². The summed E-state index contributed by atoms with van der Waals surface area (Å²) in [6.45, 7) is 3.97. The second-order valence-corrected chi connectivity index (χ2v) is 5.94. The molecule has 0 aliphatic carbocycles. The number of nitrogens with zero attached hydrogens (tertiary/aromatic N) is 2. The average Bonchev–Trinajstić information content (AvgIpc) is 3.02. The van der Waals surface area contributed by atoms with Crippen molar-refractivity contribution in [2.45, 2.75) is 19.8 Å². The van der Waals surface area contributed by atoms with Crippen LogP contribution in [0, 0.1) is 6.92 Å². The van der Waals surface area contributed by atoms with E-state index in [0.29, 0.717) is 5.56 Å². The Morgan fingerprint density at radius 1 is 1.50 bits per heavy atom. The highest BCUT2D eigenvalue weighted by molar-refractivity contribution is 7.09. The van der Waals surface area contributed by atoms with Crippen LogP contribution in [0.4, 0.5) is 5.69 Å². The Bertz CT molecular complexity index is 651. The molecule has 0 bridgehead atoms. The Balaban J connectivity index is 1.73. The Kier molecular flexibility index (Phi) is 3.44. The molecule has 2 heterocycles. The molecule has 5 heteroatoms. The summed E-state index contributed by atoms with van der Waals surface area (Å²) in [6.07, 6.45) is 1.93. The van der Waals surface area contributed by atoms with E-state index in [1.165, 1.54) is 10.6 Å². The summed E-state index contributed by atoms with van der Waals surface area (Å²) in [6, 6.07) is 5.43. The van der Waals surface area contributed by atoms with Crippen LogP contribution < -0.4 is 4.90 Å². The third-order valence-electron chi connectivity index (χ3n) is 3.77. The number of fused-ring (bicyclic) bond motifs is 1. The lowest BCUT2D eigenvalue weighted by molar-refractivity contribution is 0.0697. The van der Waals surface area contributed by atoms with Crippen LogP contribution in [-0.4, -0.2) is 29.1 Å². The first-order valence-electron chi connectivity index (χ1n) is 6.65. The third-order valence-corrected chi connectivity index (χ3v) is 4.77. The first-order valence-corrected chi connectivity index (χ1v) is 7.53. The highest BCUT2D eigenvalue weighted by Gasteiger charge is 2.20. The highest BCUT2D eigenvalue weighted by atomic mass is 32.1. The Morgan fingerprint density at radius 2 is 2.35 bits per heavy atom. The second kappa shape index (κ2) is 5.25. The number of anilines is 1. The standard InChI is InChI=1S/C15H16N2O2S/c1-10-14(20-9-16-10)5-7-17-6-4-11-8-12(15(18)19)2-3-13(11)17/h2-3,8-9H,4-7H2,1H3,(H,18,19). The van der Waals surface area contributed by atoms with Crippen LogP contribution in [0.25, 0.3) is 0 Å². The van der Waals surface area contributed by atoms with E-state index in [2.05, 4.69) is 9.88 Å². The topological polar surface area (TPSA) is 53.4 Å². The molecule has 3 rings (SSSR count). The van der Waals surface area contributed by atoms with E-state index < -0.39 is 5.97 Å². The Morgan fingerprint density at radius 3 is 3.05 bits per heavy atom. The van der Waals surface area contributed by atoms with E-state index in [9.17, 15) is 4.79 Å². The number of thiazole rings is 1. The van der Waals surface area contributed by atoms with Crippen LogP contribution in [0.5, 0.6) is 0 Å². The fourth-order valence-electron chi connectivity index (χ4n) is 2.64. The van der Waals surface area contributed by atoms with Gasteiger partial charge in [0, 0.05) is 30.1 Å². The van der Waals surface area contributed by atoms with Crippen LogP contribution in [0.3, 0.4) is 0 Å². The number of rotatable bonds is 4. The lowest BCUT2D eigenvalue weighted by atomic mass is 10.1. The molecule has 1 aliphatic heterocycles. The number of carboxylic acids is 1. The maximum absolute atomic E-state index is 11.0. The van der Waals surface area contributed by atoms with E-state index in [-0.39, 0.29) is 0 Å². The summed E-state index contributed by atoms with van der Waals surface area (Å²) in [5, 5.41) is 9.02. The van der Waals surface area contributed by atoms with Gasteiger partial charge in [-0.05, 0) is 37.1 Å². The van der Waals surface area contributed by atoms with Gasteiger partial charge < -0.3 is 10.0 Å². The molecule has 0 saturated carbocycles. The van der Waals surface area contributed by atoms with Gasteiger partial charge in [0.2, 0.25) is 0 Å². The molecule has 1 aromatic heterocycles. The van der Waals surface area contributed by atoms with Gasteiger partial charge in [0.15, 0.2) is 0 Å². The largest absolute Gasteiger partial charge is 0.478 e. The predicted molar refractivity (Wildman–Crippen MR) is 79.9 cm³/mol. The van der Waals surface area contributed by atoms with E-state index in [4.69, 9.17) is 5.11 Å². The summed E-state index contributed by atoms with van der Waals surface area (Å²) in [5.74, 6) is -0.855. The molecule has 0 amide bonds. The first kappa shape index (κ1) is 13.1. The van der Waals surface area contributed by atoms with E-state index in [1.54, 1.807) is 23.5 Å². The number of aromatic carboxylic acids is 1. The molecule has 104 valence electrons. The lowest BCUT2D eigenvalue weighted by Crippen LogP contribution is -2.23. The summed E-state index contributed by atoms with van der Waals surface area (Å²) in [7, 11) is 0. The van der Waals surface area contributed by atoms with E-state index >= 15 is 0 Å². The van der Waals surface area contributed by atoms with Crippen LogP contribution in [0.1, 0.15) is 26.5 Å². The van der Waals surface area contributed by atoms with Crippen molar-refractivity contribution in [3.8, 4) is 0 Å². The average molecular weight is 288 g/mol. The van der Waals surface area contributed by atoms with Gasteiger partial charge in [-0.25, -0.2) is 9.78 Å². The van der Waals surface area contributed by atoms with Gasteiger partial charge in [0.1, 0.15) is 0 Å². The molecule has 20 heavy (non-hydrogen) atoms. The molecule has 0 spiro atoms. The zero-order valence-electron chi connectivity index (χ0n) is 11.3. The number of benzene rings is 1. The van der Waals surface area contributed by atoms with Crippen molar-refractivity contribution in [2.24, 2.45) is 0 Å². The van der Waals surface area contributed by atoms with Gasteiger partial charge in [-0.2, -0.15) is 0 Å². The number of hydrogen-bond acceptors (Lipinski definition) is 4. The van der Waals surface area contributed by atoms with Crippen molar-refractivity contribution in [3.63, 3.8) is 0 Å². The molecule has 1 N–H and O–H groups in total. The van der Waals surface area contributed by atoms with Crippen LogP contribution >= 0.6 is 11.3 Å². The van der Waals surface area contributed by atoms with Gasteiger partial charge in [0.05, 0.1) is 16.8 Å². The maximum atomic E-state index is 11.0. The molecular weight excluding hydrogens is 272 g/mol. The van der Waals surface area contributed by atoms with Crippen molar-refractivity contribution in [3.05, 3.63) is 45.4 Å². The van der Waals surface area contributed by atoms with Gasteiger partial charge >= 0.3 is 5.97 Å². The first-order chi connectivity index (χ1) is 9.65. The minimum absolute atomic E-state index is 0.379. The van der Waals surface area contributed by atoms with Gasteiger partial charge in [-0.3, -0.25) is 0 Å². The number of aryl methyl sites for hydroxylation is 1. The highest BCUT2D eigenvalue weighted by Crippen LogP contribution is 2.29. The van der Waals surface area contributed by atoms with Crippen LogP contribution in [0.2, 0.25) is 0 Å². The van der Waals surface area contributed by atoms with E-state index in [1.807, 2.05) is 18.5 Å². The number of aromatic nitrogens is 1. The molecule has 0 unspecified atom stereocenters. The third kappa shape index (κ3) is 2.41. The molecule has 0 atom stereocenters. The second-order valence-electron chi connectivity index (χ2n) is 5.00. The molecule has 1 aromatic carbocycles. The number of hydrogen-bond donors (Lipinski definition) is 1. The SMILES string of the molecule is Cc1ncsc1CCN1CCc2cc(C(=O)O)ccc21. The smallest absolute Gasteiger partial charge is 0.335 e. The predicted octanol–water partition coefficient (Wildman–Crippen LogP) is 2.75. The van der Waals surface area contributed by atoms with Crippen molar-refractivity contribution < 1.29 is 9.90 Å². The lowest BCUT2D eigenvalue weighted by Gasteiger charge is -2.19. The molecule has 2 aromatic rings. The van der Waals surface area contributed by atoms with Crippen molar-refractivity contribution in [2.75, 3.05) is 18.0 Å². The molecule has 4 nitrogen and oxygen atoms in total. The number of carbonyl (C=O) groups is 1. The summed E-state index contributed by atoms with van der Waals surface area (Å²) < 4.78 is 0. The fraction of sp³-hybridized carbons (Fsp3) is 0.333. The maximum Gasteiger partial charge on any atom is 0.335 e. The van der Waals surface area contributed by atoms with Gasteiger partial charge in [-0.1, -0.05) is 0 Å². The molecule has 1 aliphatic rings. The van der Waals surface area contributed by atoms with Crippen LogP contribution in [-0.2, 0) is 12.8 Å². The summed E-state index contributed by atoms with van der Waals surface area (Å²) in [4.78, 5) is 18.9. The minimum Gasteiger partial charge on any atom is -0.478 e. The molecule has 0 saturated heterocycles. The zero-order chi connectivity index (χ0) is 14.1. The fourth-order valence-corrected chi connectivity index (χ4v) is 3.41. The van der Waals surface area contributed by atoms with Gasteiger partial charge in [0.25, 0.3) is 0 Å². The van der Waals surface area contributed by atoms with E-state index in [0.717, 1.165) is 37.2 Å². The normalized spacial score (nSPS) is 13.6. The quantitative estimate of drug-likeness (QED) is 0.940. The number of carboxylic acid groups (broad SMARTS) is 1. The molecule has 0 fully saturated rings. The van der Waals surface area contributed by atoms with Crippen LogP contribution in [0.15, 0.2) is 23.7 Å². The minimum atomic E-state index is -0.855. The Hall–Kier alpha value is -1.88.